The lowest BCUT2D eigenvalue weighted by atomic mass is 9.84. The van der Waals surface area contributed by atoms with E-state index in [0.717, 1.165) is 37.2 Å². The average Bonchev–Trinajstić information content (AvgIpc) is 2.77. The lowest BCUT2D eigenvalue weighted by molar-refractivity contribution is -0.128. The van der Waals surface area contributed by atoms with E-state index in [1.165, 1.54) is 17.5 Å². The van der Waals surface area contributed by atoms with Crippen LogP contribution in [0.4, 0.5) is 0 Å². The Labute approximate surface area is 119 Å². The number of carbonyl (C=O) groups excluding carboxylic acids is 1. The third-order valence-corrected chi connectivity index (χ3v) is 4.52. The van der Waals surface area contributed by atoms with Crippen molar-refractivity contribution in [3.63, 3.8) is 0 Å². The second kappa shape index (κ2) is 5.35. The quantitative estimate of drug-likeness (QED) is 0.919. The number of amides is 1. The zero-order valence-corrected chi connectivity index (χ0v) is 12.1. The Hall–Kier alpha value is -1.71. The van der Waals surface area contributed by atoms with E-state index in [1.54, 1.807) is 14.2 Å². The Bertz CT molecular complexity index is 523. The Kier molecular flexibility index (Phi) is 3.55. The van der Waals surface area contributed by atoms with Gasteiger partial charge in [-0.05, 0) is 48.9 Å². The fourth-order valence-corrected chi connectivity index (χ4v) is 3.04. The maximum atomic E-state index is 12.1. The van der Waals surface area contributed by atoms with E-state index in [4.69, 9.17) is 9.47 Å². The first-order chi connectivity index (χ1) is 9.72. The minimum absolute atomic E-state index is 0.123. The average molecular weight is 275 g/mol. The van der Waals surface area contributed by atoms with Crippen molar-refractivity contribution in [2.75, 3.05) is 14.2 Å². The maximum absolute atomic E-state index is 12.1. The minimum Gasteiger partial charge on any atom is -0.493 e. The van der Waals surface area contributed by atoms with Gasteiger partial charge in [-0.25, -0.2) is 0 Å². The van der Waals surface area contributed by atoms with Gasteiger partial charge < -0.3 is 14.8 Å². The fraction of sp³-hybridized carbons (Fsp3) is 0.562. The van der Waals surface area contributed by atoms with Crippen molar-refractivity contribution >= 4 is 5.91 Å². The Morgan fingerprint density at radius 1 is 1.15 bits per heavy atom. The summed E-state index contributed by atoms with van der Waals surface area (Å²) >= 11 is 0. The Balaban J connectivity index is 1.80. The van der Waals surface area contributed by atoms with E-state index < -0.39 is 0 Å². The highest BCUT2D eigenvalue weighted by Gasteiger charge is 2.30. The van der Waals surface area contributed by atoms with Gasteiger partial charge in [0.25, 0.3) is 0 Å². The highest BCUT2D eigenvalue weighted by Crippen LogP contribution is 2.39. The van der Waals surface area contributed by atoms with Gasteiger partial charge in [-0.1, -0.05) is 6.42 Å². The molecule has 0 saturated heterocycles. The van der Waals surface area contributed by atoms with Gasteiger partial charge in [0.1, 0.15) is 0 Å². The monoisotopic (exact) mass is 275 g/mol. The van der Waals surface area contributed by atoms with Crippen LogP contribution in [0.5, 0.6) is 11.5 Å². The molecule has 108 valence electrons. The molecule has 4 heteroatoms. The van der Waals surface area contributed by atoms with Crippen LogP contribution in [0.25, 0.3) is 0 Å². The molecular formula is C16H21NO3. The Morgan fingerprint density at radius 3 is 2.45 bits per heavy atom. The SMILES string of the molecule is COc1cc2c(cc1OC)C(NC(=O)C1CCC1)CC2. The Morgan fingerprint density at radius 2 is 1.85 bits per heavy atom. The molecule has 20 heavy (non-hydrogen) atoms. The molecular weight excluding hydrogens is 254 g/mol. The van der Waals surface area contributed by atoms with Crippen LogP contribution in [0.15, 0.2) is 12.1 Å². The van der Waals surface area contributed by atoms with Crippen molar-refractivity contribution in [2.45, 2.75) is 38.1 Å². The van der Waals surface area contributed by atoms with Crippen LogP contribution in [-0.2, 0) is 11.2 Å². The number of carbonyl (C=O) groups is 1. The molecule has 1 N–H and O–H groups in total. The van der Waals surface area contributed by atoms with E-state index in [0.29, 0.717) is 0 Å². The third kappa shape index (κ3) is 2.23. The molecule has 3 rings (SSSR count). The first-order valence-corrected chi connectivity index (χ1v) is 7.28. The van der Waals surface area contributed by atoms with Crippen molar-refractivity contribution in [3.8, 4) is 11.5 Å². The van der Waals surface area contributed by atoms with Crippen LogP contribution >= 0.6 is 0 Å². The zero-order valence-electron chi connectivity index (χ0n) is 12.1. The standard InChI is InChI=1S/C16H21NO3/c1-19-14-8-11-6-7-13(12(11)9-15(14)20-2)17-16(18)10-4-3-5-10/h8-10,13H,3-7H2,1-2H3,(H,17,18). The molecule has 0 radical (unpaired) electrons. The van der Waals surface area contributed by atoms with Gasteiger partial charge in [0, 0.05) is 5.92 Å². The fourth-order valence-electron chi connectivity index (χ4n) is 3.04. The summed E-state index contributed by atoms with van der Waals surface area (Å²) in [6.07, 6.45) is 5.20. The van der Waals surface area contributed by atoms with E-state index in [9.17, 15) is 4.79 Å². The molecule has 1 atom stereocenters. The van der Waals surface area contributed by atoms with Crippen LogP contribution in [0.2, 0.25) is 0 Å². The summed E-state index contributed by atoms with van der Waals surface area (Å²) < 4.78 is 10.7. The highest BCUT2D eigenvalue weighted by molar-refractivity contribution is 5.80. The number of hydrogen-bond donors (Lipinski definition) is 1. The van der Waals surface area contributed by atoms with E-state index >= 15 is 0 Å². The molecule has 0 aliphatic heterocycles. The lowest BCUT2D eigenvalue weighted by Gasteiger charge is -2.26. The van der Waals surface area contributed by atoms with Crippen LogP contribution in [0.1, 0.15) is 42.9 Å². The minimum atomic E-state index is 0.123. The molecule has 0 spiro atoms. The molecule has 1 fully saturated rings. The topological polar surface area (TPSA) is 47.6 Å². The second-order valence-electron chi connectivity index (χ2n) is 5.63. The first kappa shape index (κ1) is 13.3. The summed E-state index contributed by atoms with van der Waals surface area (Å²) in [7, 11) is 3.29. The van der Waals surface area contributed by atoms with Crippen LogP contribution in [0.3, 0.4) is 0 Å². The molecule has 0 heterocycles. The summed E-state index contributed by atoms with van der Waals surface area (Å²) in [4.78, 5) is 12.1. The predicted octanol–water partition coefficient (Wildman–Crippen LogP) is 2.61. The van der Waals surface area contributed by atoms with Gasteiger partial charge >= 0.3 is 0 Å². The summed E-state index contributed by atoms with van der Waals surface area (Å²) in [6.45, 7) is 0. The second-order valence-corrected chi connectivity index (χ2v) is 5.63. The van der Waals surface area contributed by atoms with E-state index in [1.807, 2.05) is 12.1 Å². The van der Waals surface area contributed by atoms with Crippen LogP contribution in [0, 0.1) is 5.92 Å². The first-order valence-electron chi connectivity index (χ1n) is 7.28. The smallest absolute Gasteiger partial charge is 0.223 e. The molecule has 1 unspecified atom stereocenters. The summed E-state index contributed by atoms with van der Waals surface area (Å²) in [5, 5.41) is 3.19. The van der Waals surface area contributed by atoms with E-state index in [2.05, 4.69) is 5.32 Å². The molecule has 2 aliphatic rings. The van der Waals surface area contributed by atoms with Crippen molar-refractivity contribution in [1.29, 1.82) is 0 Å². The predicted molar refractivity (Wildman–Crippen MR) is 76.1 cm³/mol. The third-order valence-electron chi connectivity index (χ3n) is 4.52. The molecule has 0 bridgehead atoms. The number of hydrogen-bond acceptors (Lipinski definition) is 3. The van der Waals surface area contributed by atoms with E-state index in [-0.39, 0.29) is 17.9 Å². The van der Waals surface area contributed by atoms with Crippen molar-refractivity contribution in [2.24, 2.45) is 5.92 Å². The van der Waals surface area contributed by atoms with Gasteiger partial charge in [0.05, 0.1) is 20.3 Å². The molecule has 0 aromatic heterocycles. The lowest BCUT2D eigenvalue weighted by Crippen LogP contribution is -2.36. The summed E-state index contributed by atoms with van der Waals surface area (Å²) in [5.74, 6) is 1.94. The number of rotatable bonds is 4. The largest absolute Gasteiger partial charge is 0.493 e. The maximum Gasteiger partial charge on any atom is 0.223 e. The highest BCUT2D eigenvalue weighted by atomic mass is 16.5. The van der Waals surface area contributed by atoms with Gasteiger partial charge in [0.15, 0.2) is 11.5 Å². The number of ether oxygens (including phenoxy) is 2. The van der Waals surface area contributed by atoms with Gasteiger partial charge in [-0.2, -0.15) is 0 Å². The molecule has 4 nitrogen and oxygen atoms in total. The van der Waals surface area contributed by atoms with Gasteiger partial charge in [-0.15, -0.1) is 0 Å². The van der Waals surface area contributed by atoms with Crippen LogP contribution in [-0.4, -0.2) is 20.1 Å². The summed E-state index contributed by atoms with van der Waals surface area (Å²) in [6, 6.07) is 4.16. The number of fused-ring (bicyclic) bond motifs is 1. The van der Waals surface area contributed by atoms with Crippen molar-refractivity contribution in [3.05, 3.63) is 23.3 Å². The van der Waals surface area contributed by atoms with Gasteiger partial charge in [-0.3, -0.25) is 4.79 Å². The number of benzene rings is 1. The summed E-state index contributed by atoms with van der Waals surface area (Å²) in [5.41, 5.74) is 2.43. The molecule has 1 amide bonds. The van der Waals surface area contributed by atoms with Crippen molar-refractivity contribution < 1.29 is 14.3 Å². The normalized spacial score (nSPS) is 21.0. The number of aryl methyl sites for hydroxylation is 1. The molecule has 1 aromatic carbocycles. The molecule has 1 saturated carbocycles. The van der Waals surface area contributed by atoms with Crippen LogP contribution < -0.4 is 14.8 Å². The van der Waals surface area contributed by atoms with Gasteiger partial charge in [0.2, 0.25) is 5.91 Å². The number of nitrogens with one attached hydrogen (secondary N) is 1. The zero-order chi connectivity index (χ0) is 14.1. The molecule has 2 aliphatic carbocycles. The number of methoxy groups -OCH3 is 2. The van der Waals surface area contributed by atoms with Crippen molar-refractivity contribution in [1.82, 2.24) is 5.32 Å². The molecule has 1 aromatic rings.